The lowest BCUT2D eigenvalue weighted by atomic mass is 10.0. The highest BCUT2D eigenvalue weighted by Crippen LogP contribution is 2.33. The van der Waals surface area contributed by atoms with Gasteiger partial charge in [-0.15, -0.1) is 0 Å². The van der Waals surface area contributed by atoms with Crippen molar-refractivity contribution in [3.8, 4) is 0 Å². The van der Waals surface area contributed by atoms with E-state index in [1.807, 2.05) is 36.0 Å². The van der Waals surface area contributed by atoms with E-state index in [0.717, 1.165) is 37.0 Å². The van der Waals surface area contributed by atoms with Crippen LogP contribution >= 0.6 is 11.8 Å². The van der Waals surface area contributed by atoms with Crippen LogP contribution in [0.15, 0.2) is 24.3 Å². The number of carbonyl (C=O) groups excluding carboxylic acids is 2. The number of unbranched alkanes of at least 4 members (excludes halogenated alkanes) is 1. The molecule has 3 atom stereocenters. The molecule has 0 bridgehead atoms. The number of aryl methyl sites for hydroxylation is 1. The predicted octanol–water partition coefficient (Wildman–Crippen LogP) is 2.61. The second-order valence-corrected chi connectivity index (χ2v) is 8.11. The van der Waals surface area contributed by atoms with Crippen molar-refractivity contribution in [2.75, 3.05) is 5.75 Å². The van der Waals surface area contributed by atoms with E-state index in [4.69, 9.17) is 5.11 Å². The van der Waals surface area contributed by atoms with E-state index in [0.29, 0.717) is 17.5 Å². The third kappa shape index (κ3) is 4.58. The van der Waals surface area contributed by atoms with Gasteiger partial charge < -0.3 is 15.7 Å². The van der Waals surface area contributed by atoms with Gasteiger partial charge in [-0.05, 0) is 24.8 Å². The number of Topliss-reactive ketones (excluding diaryl/α,β-unsaturated/α-hetero) is 1. The first kappa shape index (κ1) is 18.8. The smallest absolute Gasteiger partial charge is 0.315 e. The highest BCUT2D eigenvalue weighted by molar-refractivity contribution is 8.00. The number of amides is 2. The lowest BCUT2D eigenvalue weighted by Crippen LogP contribution is -2.36. The molecule has 0 saturated carbocycles. The molecule has 6 nitrogen and oxygen atoms in total. The summed E-state index contributed by atoms with van der Waals surface area (Å²) >= 11 is 1.87. The maximum Gasteiger partial charge on any atom is 0.315 e. The lowest BCUT2D eigenvalue weighted by molar-refractivity contribution is -0.137. The summed E-state index contributed by atoms with van der Waals surface area (Å²) in [5, 5.41) is 14.8. The molecule has 0 radical (unpaired) electrons. The van der Waals surface area contributed by atoms with Crippen LogP contribution in [0.4, 0.5) is 4.79 Å². The van der Waals surface area contributed by atoms with Crippen LogP contribution in [-0.4, -0.2) is 46.0 Å². The standard InChI is InChI=1S/C10H16N2O3S.C9H8O/c13-8(14)4-2-1-3-7-9-6(5-16-7)11-10(15)12-9;10-9-6-5-7-3-1-2-4-8(7)9/h6-7,9H,1-5H2,(H,13,14)(H2,11,12,15);1-4H,5-6H2/t6-,7-,9-;/m0./s1. The first-order valence-corrected chi connectivity index (χ1v) is 10.1. The van der Waals surface area contributed by atoms with Crippen molar-refractivity contribution in [3.63, 3.8) is 0 Å². The molecule has 2 saturated heterocycles. The predicted molar refractivity (Wildman–Crippen MR) is 101 cm³/mol. The van der Waals surface area contributed by atoms with Gasteiger partial charge in [0.25, 0.3) is 0 Å². The summed E-state index contributed by atoms with van der Waals surface area (Å²) in [6.07, 6.45) is 4.53. The quantitative estimate of drug-likeness (QED) is 0.542. The maximum atomic E-state index is 11.1. The molecule has 2 fully saturated rings. The van der Waals surface area contributed by atoms with Crippen LogP contribution in [0.1, 0.15) is 48.0 Å². The van der Waals surface area contributed by atoms with E-state index in [2.05, 4.69) is 10.6 Å². The third-order valence-electron chi connectivity index (χ3n) is 5.01. The van der Waals surface area contributed by atoms with Crippen molar-refractivity contribution < 1.29 is 19.5 Å². The summed E-state index contributed by atoms with van der Waals surface area (Å²) in [5.74, 6) is 0.538. The Kier molecular flexibility index (Phi) is 6.19. The SMILES string of the molecule is O=C(O)CCCC[C@@H]1SC[C@@H]2NC(=O)N[C@@H]21.O=C1CCc2ccccc21. The fraction of sp³-hybridized carbons (Fsp3) is 0.526. The topological polar surface area (TPSA) is 95.5 Å². The van der Waals surface area contributed by atoms with Crippen LogP contribution in [0, 0.1) is 0 Å². The molecule has 0 aromatic heterocycles. The number of urea groups is 1. The van der Waals surface area contributed by atoms with Gasteiger partial charge in [-0.1, -0.05) is 30.7 Å². The summed E-state index contributed by atoms with van der Waals surface area (Å²) in [4.78, 5) is 32.5. The Balaban J connectivity index is 0.000000167. The van der Waals surface area contributed by atoms with Crippen LogP contribution in [0.3, 0.4) is 0 Å². The molecule has 1 aromatic rings. The second kappa shape index (κ2) is 8.58. The van der Waals surface area contributed by atoms with Crippen molar-refractivity contribution in [3.05, 3.63) is 35.4 Å². The number of benzene rings is 1. The van der Waals surface area contributed by atoms with Gasteiger partial charge in [0.05, 0.1) is 12.1 Å². The van der Waals surface area contributed by atoms with E-state index >= 15 is 0 Å². The van der Waals surface area contributed by atoms with E-state index in [9.17, 15) is 14.4 Å². The molecule has 0 spiro atoms. The van der Waals surface area contributed by atoms with Crippen LogP contribution in [0.25, 0.3) is 0 Å². The van der Waals surface area contributed by atoms with Gasteiger partial charge >= 0.3 is 12.0 Å². The van der Waals surface area contributed by atoms with E-state index in [-0.39, 0.29) is 24.5 Å². The van der Waals surface area contributed by atoms with Crippen molar-refractivity contribution in [1.82, 2.24) is 10.6 Å². The number of hydrogen-bond acceptors (Lipinski definition) is 4. The zero-order chi connectivity index (χ0) is 18.5. The summed E-state index contributed by atoms with van der Waals surface area (Å²) in [7, 11) is 0. The number of nitrogens with one attached hydrogen (secondary N) is 2. The van der Waals surface area contributed by atoms with Gasteiger partial charge in [0, 0.05) is 29.4 Å². The lowest BCUT2D eigenvalue weighted by Gasteiger charge is -2.16. The number of aliphatic carboxylic acids is 1. The highest BCUT2D eigenvalue weighted by atomic mass is 32.2. The van der Waals surface area contributed by atoms with Crippen molar-refractivity contribution in [1.29, 1.82) is 0 Å². The molecule has 140 valence electrons. The third-order valence-corrected chi connectivity index (χ3v) is 6.52. The molecule has 3 N–H and O–H groups in total. The summed E-state index contributed by atoms with van der Waals surface area (Å²) < 4.78 is 0. The molecule has 1 aromatic carbocycles. The first-order valence-electron chi connectivity index (χ1n) is 9.06. The van der Waals surface area contributed by atoms with Crippen LogP contribution in [0.5, 0.6) is 0 Å². The molecule has 7 heteroatoms. The van der Waals surface area contributed by atoms with E-state index < -0.39 is 5.97 Å². The van der Waals surface area contributed by atoms with E-state index in [1.165, 1.54) is 5.56 Å². The Morgan fingerprint density at radius 1 is 1.15 bits per heavy atom. The monoisotopic (exact) mass is 376 g/mol. The minimum atomic E-state index is -0.729. The van der Waals surface area contributed by atoms with E-state index in [1.54, 1.807) is 0 Å². The Hall–Kier alpha value is -2.02. The maximum absolute atomic E-state index is 11.1. The molecule has 4 rings (SSSR count). The van der Waals surface area contributed by atoms with Crippen LogP contribution in [-0.2, 0) is 11.2 Å². The fourth-order valence-corrected chi connectivity index (χ4v) is 5.20. The highest BCUT2D eigenvalue weighted by Gasteiger charge is 2.42. The average molecular weight is 376 g/mol. The zero-order valence-electron chi connectivity index (χ0n) is 14.6. The van der Waals surface area contributed by atoms with Crippen LogP contribution in [0.2, 0.25) is 0 Å². The van der Waals surface area contributed by atoms with Crippen molar-refractivity contribution in [2.24, 2.45) is 0 Å². The van der Waals surface area contributed by atoms with Gasteiger partial charge in [-0.25, -0.2) is 4.79 Å². The number of ketones is 1. The molecule has 26 heavy (non-hydrogen) atoms. The normalized spacial score (nSPS) is 25.6. The van der Waals surface area contributed by atoms with Gasteiger partial charge in [0.15, 0.2) is 5.78 Å². The molecule has 2 aliphatic heterocycles. The number of thioether (sulfide) groups is 1. The summed E-state index contributed by atoms with van der Waals surface area (Å²) in [6.45, 7) is 0. The largest absolute Gasteiger partial charge is 0.481 e. The number of carboxylic acids is 1. The first-order chi connectivity index (χ1) is 12.5. The van der Waals surface area contributed by atoms with Gasteiger partial charge in [-0.3, -0.25) is 9.59 Å². The zero-order valence-corrected chi connectivity index (χ0v) is 15.4. The Morgan fingerprint density at radius 2 is 1.96 bits per heavy atom. The molecule has 2 amide bonds. The second-order valence-electron chi connectivity index (χ2n) is 6.84. The summed E-state index contributed by atoms with van der Waals surface area (Å²) in [5.41, 5.74) is 2.15. The number of rotatable bonds is 5. The molecular formula is C19H24N2O4S. The molecule has 3 aliphatic rings. The van der Waals surface area contributed by atoms with Crippen LogP contribution < -0.4 is 10.6 Å². The average Bonchev–Trinajstić information content (AvgIpc) is 3.28. The van der Waals surface area contributed by atoms with Crippen molar-refractivity contribution in [2.45, 2.75) is 55.9 Å². The van der Waals surface area contributed by atoms with Gasteiger partial charge in [0.2, 0.25) is 0 Å². The number of hydrogen-bond donors (Lipinski definition) is 3. The fourth-order valence-electron chi connectivity index (χ4n) is 3.66. The minimum Gasteiger partial charge on any atom is -0.481 e. The molecule has 2 heterocycles. The van der Waals surface area contributed by atoms with Gasteiger partial charge in [-0.2, -0.15) is 11.8 Å². The Labute approximate surface area is 157 Å². The Morgan fingerprint density at radius 3 is 2.73 bits per heavy atom. The van der Waals surface area contributed by atoms with Gasteiger partial charge in [0.1, 0.15) is 0 Å². The van der Waals surface area contributed by atoms with Crippen molar-refractivity contribution >= 4 is 29.5 Å². The number of carbonyl (C=O) groups is 3. The Bertz CT molecular complexity index is 694. The number of carboxylic acid groups (broad SMARTS) is 1. The summed E-state index contributed by atoms with van der Waals surface area (Å²) in [6, 6.07) is 8.28. The number of fused-ring (bicyclic) bond motifs is 2. The molecular weight excluding hydrogens is 352 g/mol. The minimum absolute atomic E-state index is 0.0640. The molecule has 1 aliphatic carbocycles. The molecule has 0 unspecified atom stereocenters.